The highest BCUT2D eigenvalue weighted by atomic mass is 16.5. The second-order valence-corrected chi connectivity index (χ2v) is 6.07. The van der Waals surface area contributed by atoms with Crippen LogP contribution in [0.2, 0.25) is 0 Å². The van der Waals surface area contributed by atoms with Crippen LogP contribution in [0.4, 0.5) is 0 Å². The van der Waals surface area contributed by atoms with Gasteiger partial charge in [-0.3, -0.25) is 9.69 Å². The summed E-state index contributed by atoms with van der Waals surface area (Å²) in [6, 6.07) is 0. The van der Waals surface area contributed by atoms with Crippen LogP contribution < -0.4 is 5.73 Å². The van der Waals surface area contributed by atoms with Crippen molar-refractivity contribution in [1.82, 2.24) is 9.80 Å². The molecule has 5 nitrogen and oxygen atoms in total. The predicted molar refractivity (Wildman–Crippen MR) is 77.0 cm³/mol. The lowest BCUT2D eigenvalue weighted by molar-refractivity contribution is -0.136. The Morgan fingerprint density at radius 2 is 2.00 bits per heavy atom. The van der Waals surface area contributed by atoms with E-state index in [-0.39, 0.29) is 11.3 Å². The highest BCUT2D eigenvalue weighted by Crippen LogP contribution is 2.15. The third-order valence-corrected chi connectivity index (χ3v) is 3.47. The number of rotatable bonds is 7. The van der Waals surface area contributed by atoms with Crippen LogP contribution in [-0.4, -0.2) is 68.2 Å². The fourth-order valence-corrected chi connectivity index (χ4v) is 2.30. The Kier molecular flexibility index (Phi) is 6.75. The zero-order valence-corrected chi connectivity index (χ0v) is 12.7. The van der Waals surface area contributed by atoms with Gasteiger partial charge in [-0.15, -0.1) is 0 Å². The first kappa shape index (κ1) is 16.4. The minimum Gasteiger partial charge on any atom is -0.378 e. The fourth-order valence-electron chi connectivity index (χ4n) is 2.30. The Morgan fingerprint density at radius 3 is 2.53 bits per heavy atom. The highest BCUT2D eigenvalue weighted by molar-refractivity contribution is 5.78. The van der Waals surface area contributed by atoms with Crippen LogP contribution >= 0.6 is 0 Å². The number of nitrogens with two attached hydrogens (primary N) is 1. The van der Waals surface area contributed by atoms with E-state index in [0.717, 1.165) is 32.6 Å². The number of nitrogens with zero attached hydrogens (tertiary/aromatic N) is 2. The summed E-state index contributed by atoms with van der Waals surface area (Å²) in [5, 5.41) is 0. The van der Waals surface area contributed by atoms with Crippen LogP contribution in [0.15, 0.2) is 0 Å². The molecule has 0 atom stereocenters. The third kappa shape index (κ3) is 5.89. The first-order valence-corrected chi connectivity index (χ1v) is 7.26. The average Bonchev–Trinajstić information content (AvgIpc) is 2.39. The summed E-state index contributed by atoms with van der Waals surface area (Å²) in [5.74, 6) is 0.213. The van der Waals surface area contributed by atoms with Gasteiger partial charge in [0.15, 0.2) is 0 Å². The Bertz CT molecular complexity index is 276. The Labute approximate surface area is 117 Å². The van der Waals surface area contributed by atoms with Gasteiger partial charge < -0.3 is 15.4 Å². The Balaban J connectivity index is 2.49. The summed E-state index contributed by atoms with van der Waals surface area (Å²) < 4.78 is 5.28. The van der Waals surface area contributed by atoms with Crippen molar-refractivity contribution in [3.63, 3.8) is 0 Å². The number of morpholine rings is 1. The molecule has 19 heavy (non-hydrogen) atoms. The highest BCUT2D eigenvalue weighted by Gasteiger charge is 2.24. The van der Waals surface area contributed by atoms with E-state index in [1.165, 1.54) is 0 Å². The average molecular weight is 271 g/mol. The van der Waals surface area contributed by atoms with Gasteiger partial charge in [-0.05, 0) is 24.9 Å². The smallest absolute Gasteiger partial charge is 0.236 e. The number of carbonyl (C=O) groups excluding carboxylic acids is 1. The normalized spacial score (nSPS) is 17.0. The summed E-state index contributed by atoms with van der Waals surface area (Å²) >= 11 is 0. The number of hydrogen-bond donors (Lipinski definition) is 1. The van der Waals surface area contributed by atoms with Gasteiger partial charge in [-0.25, -0.2) is 0 Å². The Morgan fingerprint density at radius 1 is 1.37 bits per heavy atom. The van der Waals surface area contributed by atoms with Crippen molar-refractivity contribution >= 4 is 5.91 Å². The minimum absolute atomic E-state index is 0.0560. The van der Waals surface area contributed by atoms with E-state index >= 15 is 0 Å². The lowest BCUT2D eigenvalue weighted by Crippen LogP contribution is -2.48. The van der Waals surface area contributed by atoms with E-state index in [1.54, 1.807) is 0 Å². The van der Waals surface area contributed by atoms with Gasteiger partial charge in [0.25, 0.3) is 0 Å². The number of ether oxygens (including phenoxy) is 1. The fraction of sp³-hybridized carbons (Fsp3) is 0.929. The monoisotopic (exact) mass is 271 g/mol. The van der Waals surface area contributed by atoms with E-state index in [2.05, 4.69) is 25.7 Å². The second kappa shape index (κ2) is 7.82. The van der Waals surface area contributed by atoms with Crippen molar-refractivity contribution in [3.8, 4) is 0 Å². The van der Waals surface area contributed by atoms with Gasteiger partial charge in [0.2, 0.25) is 5.91 Å². The molecule has 0 saturated carbocycles. The van der Waals surface area contributed by atoms with Crippen LogP contribution in [0.25, 0.3) is 0 Å². The van der Waals surface area contributed by atoms with Crippen molar-refractivity contribution in [1.29, 1.82) is 0 Å². The first-order chi connectivity index (χ1) is 8.98. The molecule has 0 aromatic heterocycles. The predicted octanol–water partition coefficient (Wildman–Crippen LogP) is 0.542. The van der Waals surface area contributed by atoms with Crippen LogP contribution in [0.5, 0.6) is 0 Å². The van der Waals surface area contributed by atoms with Crippen molar-refractivity contribution in [2.24, 2.45) is 11.1 Å². The lowest BCUT2D eigenvalue weighted by atomic mass is 9.93. The van der Waals surface area contributed by atoms with E-state index in [4.69, 9.17) is 10.5 Å². The molecule has 1 aliphatic heterocycles. The summed E-state index contributed by atoms with van der Waals surface area (Å²) in [6.45, 7) is 12.1. The molecule has 0 aromatic rings. The summed E-state index contributed by atoms with van der Waals surface area (Å²) in [7, 11) is 0. The van der Waals surface area contributed by atoms with Crippen LogP contribution in [-0.2, 0) is 9.53 Å². The topological polar surface area (TPSA) is 58.8 Å². The zero-order chi connectivity index (χ0) is 14.3. The van der Waals surface area contributed by atoms with Crippen LogP contribution in [0.1, 0.15) is 27.2 Å². The van der Waals surface area contributed by atoms with E-state index in [0.29, 0.717) is 26.3 Å². The quantitative estimate of drug-likeness (QED) is 0.734. The first-order valence-electron chi connectivity index (χ1n) is 7.26. The van der Waals surface area contributed by atoms with Crippen molar-refractivity contribution < 1.29 is 9.53 Å². The number of amides is 1. The molecule has 1 fully saturated rings. The molecule has 1 heterocycles. The minimum atomic E-state index is 0.0560. The molecule has 0 aliphatic carbocycles. The third-order valence-electron chi connectivity index (χ3n) is 3.47. The van der Waals surface area contributed by atoms with Crippen LogP contribution in [0.3, 0.4) is 0 Å². The molecular weight excluding hydrogens is 242 g/mol. The molecule has 1 rings (SSSR count). The molecule has 1 amide bonds. The standard InChI is InChI=1S/C14H29N3O2/c1-4-5-16(12-14(2,3)11-15)10-13(18)17-6-8-19-9-7-17/h4-12,15H2,1-3H3. The molecule has 0 bridgehead atoms. The molecular formula is C14H29N3O2. The summed E-state index contributed by atoms with van der Waals surface area (Å²) in [4.78, 5) is 16.4. The molecule has 1 saturated heterocycles. The van der Waals surface area contributed by atoms with Gasteiger partial charge >= 0.3 is 0 Å². The maximum atomic E-state index is 12.3. The molecule has 0 aromatic carbocycles. The van der Waals surface area contributed by atoms with E-state index in [9.17, 15) is 4.79 Å². The number of carbonyl (C=O) groups is 1. The SMILES string of the molecule is CCCN(CC(=O)N1CCOCC1)CC(C)(C)CN. The summed E-state index contributed by atoms with van der Waals surface area (Å²) in [5.41, 5.74) is 5.84. The molecule has 5 heteroatoms. The van der Waals surface area contributed by atoms with Crippen molar-refractivity contribution in [2.45, 2.75) is 27.2 Å². The second-order valence-electron chi connectivity index (χ2n) is 6.07. The van der Waals surface area contributed by atoms with Crippen molar-refractivity contribution in [2.75, 3.05) is 52.5 Å². The maximum absolute atomic E-state index is 12.3. The molecule has 0 spiro atoms. The van der Waals surface area contributed by atoms with Crippen LogP contribution in [0, 0.1) is 5.41 Å². The van der Waals surface area contributed by atoms with Gasteiger partial charge in [0.05, 0.1) is 19.8 Å². The van der Waals surface area contributed by atoms with Gasteiger partial charge in [0.1, 0.15) is 0 Å². The van der Waals surface area contributed by atoms with E-state index in [1.807, 2.05) is 4.90 Å². The number of hydrogen-bond acceptors (Lipinski definition) is 4. The van der Waals surface area contributed by atoms with E-state index < -0.39 is 0 Å². The van der Waals surface area contributed by atoms with Crippen molar-refractivity contribution in [3.05, 3.63) is 0 Å². The molecule has 0 unspecified atom stereocenters. The largest absolute Gasteiger partial charge is 0.378 e. The molecule has 2 N–H and O–H groups in total. The van der Waals surface area contributed by atoms with Gasteiger partial charge in [-0.2, -0.15) is 0 Å². The lowest BCUT2D eigenvalue weighted by Gasteiger charge is -2.34. The molecule has 0 radical (unpaired) electrons. The molecule has 1 aliphatic rings. The van der Waals surface area contributed by atoms with Gasteiger partial charge in [0, 0.05) is 19.6 Å². The van der Waals surface area contributed by atoms with Gasteiger partial charge in [-0.1, -0.05) is 20.8 Å². The maximum Gasteiger partial charge on any atom is 0.236 e. The zero-order valence-electron chi connectivity index (χ0n) is 12.7. The Hall–Kier alpha value is -0.650. The summed E-state index contributed by atoms with van der Waals surface area (Å²) in [6.07, 6.45) is 1.05. The molecule has 112 valence electrons.